The number of hydrogen-bond acceptors (Lipinski definition) is 15. The van der Waals surface area contributed by atoms with Crippen molar-refractivity contribution < 1.29 is 83.1 Å². The smallest absolute Gasteiger partial charge is 0.328 e. The van der Waals surface area contributed by atoms with Crippen LogP contribution in [0.4, 0.5) is 0 Å². The zero-order chi connectivity index (χ0) is 49.6. The van der Waals surface area contributed by atoms with Gasteiger partial charge in [0.15, 0.2) is 0 Å². The molecule has 0 radical (unpaired) electrons. The van der Waals surface area contributed by atoms with Gasteiger partial charge in [-0.15, -0.1) is 0 Å². The van der Waals surface area contributed by atoms with Gasteiger partial charge in [-0.3, -0.25) is 52.7 Å². The quantitative estimate of drug-likeness (QED) is 0.0319. The van der Waals surface area contributed by atoms with Gasteiger partial charge in [-0.25, -0.2) is 4.79 Å². The van der Waals surface area contributed by atoms with E-state index in [1.165, 1.54) is 34.6 Å². The van der Waals surface area contributed by atoms with Gasteiger partial charge in [-0.05, 0) is 44.9 Å². The van der Waals surface area contributed by atoms with E-state index in [-0.39, 0.29) is 12.8 Å². The lowest BCUT2D eigenvalue weighted by Gasteiger charge is -2.28. The molecule has 0 heterocycles. The topological polar surface area (TPSA) is 454 Å². The average molecular weight is 919 g/mol. The van der Waals surface area contributed by atoms with Gasteiger partial charge >= 0.3 is 17.9 Å². The van der Waals surface area contributed by atoms with Gasteiger partial charge < -0.3 is 79.5 Å². The van der Waals surface area contributed by atoms with Crippen LogP contribution in [0.25, 0.3) is 0 Å². The Balaban J connectivity index is 5.98. The fourth-order valence-corrected chi connectivity index (χ4v) is 5.34. The number of amides is 9. The van der Waals surface area contributed by atoms with Crippen molar-refractivity contribution in [1.29, 1.82) is 0 Å². The summed E-state index contributed by atoms with van der Waals surface area (Å²) in [6.45, 7) is 6.39. The van der Waals surface area contributed by atoms with Crippen LogP contribution in [0.1, 0.15) is 80.1 Å². The van der Waals surface area contributed by atoms with Gasteiger partial charge in [0.25, 0.3) is 0 Å². The normalized spacial score (nSPS) is 15.2. The van der Waals surface area contributed by atoms with E-state index >= 15 is 0 Å². The minimum absolute atomic E-state index is 0.295. The number of carboxylic acids is 3. The van der Waals surface area contributed by atoms with Gasteiger partial charge in [0.1, 0.15) is 48.3 Å². The Labute approximate surface area is 367 Å². The molecule has 64 heavy (non-hydrogen) atoms. The number of aliphatic hydroxyl groups excluding tert-OH is 2. The summed E-state index contributed by atoms with van der Waals surface area (Å²) >= 11 is 0. The molecule has 0 rings (SSSR count). The van der Waals surface area contributed by atoms with Crippen LogP contribution >= 0.6 is 0 Å². The largest absolute Gasteiger partial charge is 0.481 e. The molecule has 27 heteroatoms. The number of nitrogens with one attached hydrogen (secondary N) is 8. The predicted octanol–water partition coefficient (Wildman–Crippen LogP) is -6.39. The van der Waals surface area contributed by atoms with E-state index < -0.39 is 176 Å². The number of aliphatic carboxylic acids is 3. The number of carboxylic acid groups (broad SMARTS) is 3. The SMILES string of the molecule is CC(C)[C@H](NC(=O)[C@H](CO)NC(=O)[C@H](C)NC(=O)[C@H](CCC(=O)O)NC(=O)[C@@H](NC(=O)[C@H](CCC(N)=O)NC(=O)[C@@H](N)CCC(=O)O)C(C)C)C(=O)N[C@@H](C)C(=O)N[C@@H](CO)C(=O)O. The van der Waals surface area contributed by atoms with Crippen molar-refractivity contribution in [2.45, 2.75) is 134 Å². The molecule has 0 aromatic carbocycles. The molecule has 0 fully saturated rings. The first-order chi connectivity index (χ1) is 29.7. The third kappa shape index (κ3) is 21.1. The highest BCUT2D eigenvalue weighted by Gasteiger charge is 2.35. The lowest BCUT2D eigenvalue weighted by atomic mass is 10.0. The number of aliphatic hydroxyl groups is 2. The fraction of sp³-hybridized carbons (Fsp3) is 0.676. The molecular formula is C37H62N10O17. The Morgan fingerprint density at radius 3 is 1.17 bits per heavy atom. The fourth-order valence-electron chi connectivity index (χ4n) is 5.34. The molecular weight excluding hydrogens is 856 g/mol. The van der Waals surface area contributed by atoms with Crippen LogP contribution in [0, 0.1) is 11.8 Å². The summed E-state index contributed by atoms with van der Waals surface area (Å²) in [4.78, 5) is 150. The van der Waals surface area contributed by atoms with E-state index in [4.69, 9.17) is 26.8 Å². The number of carbonyl (C=O) groups is 12. The van der Waals surface area contributed by atoms with E-state index in [9.17, 15) is 67.7 Å². The van der Waals surface area contributed by atoms with Crippen LogP contribution in [-0.4, -0.2) is 164 Å². The molecule has 0 aliphatic heterocycles. The Morgan fingerprint density at radius 2 is 0.766 bits per heavy atom. The first kappa shape index (κ1) is 57.5. The minimum Gasteiger partial charge on any atom is -0.481 e. The molecule has 0 saturated carbocycles. The van der Waals surface area contributed by atoms with Crippen molar-refractivity contribution in [2.75, 3.05) is 13.2 Å². The van der Waals surface area contributed by atoms with Crippen LogP contribution in [0.2, 0.25) is 0 Å². The van der Waals surface area contributed by atoms with Gasteiger partial charge in [-0.2, -0.15) is 0 Å². The maximum atomic E-state index is 13.6. The van der Waals surface area contributed by atoms with Crippen LogP contribution in [0.15, 0.2) is 0 Å². The maximum absolute atomic E-state index is 13.6. The molecule has 9 amide bonds. The number of nitrogens with two attached hydrogens (primary N) is 2. The third-order valence-corrected chi connectivity index (χ3v) is 9.21. The summed E-state index contributed by atoms with van der Waals surface area (Å²) in [7, 11) is 0. The van der Waals surface area contributed by atoms with Crippen molar-refractivity contribution in [3.05, 3.63) is 0 Å². The highest BCUT2D eigenvalue weighted by molar-refractivity contribution is 5.98. The van der Waals surface area contributed by atoms with Crippen LogP contribution in [-0.2, 0) is 57.5 Å². The molecule has 0 aromatic rings. The van der Waals surface area contributed by atoms with Crippen molar-refractivity contribution in [1.82, 2.24) is 42.5 Å². The van der Waals surface area contributed by atoms with Gasteiger partial charge in [0.2, 0.25) is 53.2 Å². The van der Waals surface area contributed by atoms with Crippen LogP contribution in [0.5, 0.6) is 0 Å². The maximum Gasteiger partial charge on any atom is 0.328 e. The number of rotatable bonds is 30. The highest BCUT2D eigenvalue weighted by Crippen LogP contribution is 2.09. The molecule has 362 valence electrons. The zero-order valence-corrected chi connectivity index (χ0v) is 36.3. The second kappa shape index (κ2) is 28.3. The van der Waals surface area contributed by atoms with E-state index in [1.54, 1.807) is 0 Å². The van der Waals surface area contributed by atoms with Crippen molar-refractivity contribution in [3.63, 3.8) is 0 Å². The monoisotopic (exact) mass is 918 g/mol. The summed E-state index contributed by atoms with van der Waals surface area (Å²) in [6, 6.07) is -13.6. The Morgan fingerprint density at radius 1 is 0.422 bits per heavy atom. The first-order valence-corrected chi connectivity index (χ1v) is 20.0. The molecule has 27 nitrogen and oxygen atoms in total. The second-order valence-corrected chi connectivity index (χ2v) is 15.3. The lowest BCUT2D eigenvalue weighted by Crippen LogP contribution is -2.61. The van der Waals surface area contributed by atoms with E-state index in [2.05, 4.69) is 37.2 Å². The molecule has 17 N–H and O–H groups in total. The number of hydrogen-bond donors (Lipinski definition) is 15. The van der Waals surface area contributed by atoms with Crippen LogP contribution in [0.3, 0.4) is 0 Å². The molecule has 0 saturated heterocycles. The second-order valence-electron chi connectivity index (χ2n) is 15.3. The first-order valence-electron chi connectivity index (χ1n) is 20.0. The van der Waals surface area contributed by atoms with Crippen molar-refractivity contribution in [2.24, 2.45) is 23.3 Å². The Hall–Kier alpha value is -6.48. The number of carbonyl (C=O) groups excluding carboxylic acids is 9. The molecule has 0 aromatic heterocycles. The zero-order valence-electron chi connectivity index (χ0n) is 36.3. The molecule has 0 aliphatic carbocycles. The van der Waals surface area contributed by atoms with Gasteiger partial charge in [-0.1, -0.05) is 27.7 Å². The molecule has 0 aliphatic rings. The summed E-state index contributed by atoms with van der Waals surface area (Å²) in [5.74, 6) is -14.5. The molecule has 0 bridgehead atoms. The summed E-state index contributed by atoms with van der Waals surface area (Å²) in [5, 5.41) is 64.5. The third-order valence-electron chi connectivity index (χ3n) is 9.21. The highest BCUT2D eigenvalue weighted by atomic mass is 16.4. The minimum atomic E-state index is -1.72. The molecule has 9 atom stereocenters. The van der Waals surface area contributed by atoms with E-state index in [1.807, 2.05) is 5.32 Å². The summed E-state index contributed by atoms with van der Waals surface area (Å²) < 4.78 is 0. The average Bonchev–Trinajstić information content (AvgIpc) is 3.20. The lowest BCUT2D eigenvalue weighted by molar-refractivity contribution is -0.143. The predicted molar refractivity (Wildman–Crippen MR) is 218 cm³/mol. The van der Waals surface area contributed by atoms with Crippen molar-refractivity contribution in [3.8, 4) is 0 Å². The Bertz CT molecular complexity index is 1710. The van der Waals surface area contributed by atoms with E-state index in [0.717, 1.165) is 6.92 Å². The van der Waals surface area contributed by atoms with Gasteiger partial charge in [0.05, 0.1) is 19.3 Å². The van der Waals surface area contributed by atoms with Gasteiger partial charge in [0, 0.05) is 19.3 Å². The number of primary amides is 1. The summed E-state index contributed by atoms with van der Waals surface area (Å²) in [6.07, 6.45) is -2.73. The molecule has 0 unspecified atom stereocenters. The van der Waals surface area contributed by atoms with E-state index in [0.29, 0.717) is 0 Å². The standard InChI is InChI=1S/C37H62N10O17/c1-15(2)27(35(61)41-18(6)30(56)45-23(14-49)37(63)64)47-34(60)22(13-48)44-29(55)17(5)40-32(58)21(9-12-26(53)54)43-36(62)28(16(3)4)46-33(59)20(8-10-24(39)50)42-31(57)19(38)7-11-25(51)52/h15-23,27-28,48-49H,7-14,38H2,1-6H3,(H2,39,50)(H,40,58)(H,41,61)(H,42,57)(H,43,62)(H,44,55)(H,45,56)(H,46,59)(H,47,60)(H,51,52)(H,53,54)(H,63,64)/t17-,18-,19-,20-,21-,22-,23-,27-,28-/m0/s1. The van der Waals surface area contributed by atoms with Crippen molar-refractivity contribution >= 4 is 71.1 Å². The Kier molecular flexibility index (Phi) is 25.4. The molecule has 0 spiro atoms. The summed E-state index contributed by atoms with van der Waals surface area (Å²) in [5.41, 5.74) is 10.9. The van der Waals surface area contributed by atoms with Crippen LogP contribution < -0.4 is 54.0 Å².